The third-order valence-corrected chi connectivity index (χ3v) is 4.59. The molecule has 1 aromatic carbocycles. The zero-order chi connectivity index (χ0) is 19.0. The molecule has 3 rings (SSSR count). The zero-order valence-electron chi connectivity index (χ0n) is 14.3. The number of carbonyl (C=O) groups excluding carboxylic acids is 1. The Morgan fingerprint density at radius 2 is 2.12 bits per heavy atom. The molecule has 1 amide bonds. The second-order valence-corrected chi connectivity index (χ2v) is 6.59. The standard InChI is InChI=1S/C16H21BN2O7/c1-8(20)13(18)15(21)19-6-10(7-19)25-11-3-2-9-4-5-17(24)26-14(9)12(11)16(22)23/h2-3,8,10,13,20,24H,4-7,18H2,1H3,(H,22,23)/t8-,13+/m1/s1. The molecule has 140 valence electrons. The molecule has 1 saturated heterocycles. The fourth-order valence-electron chi connectivity index (χ4n) is 3.00. The third kappa shape index (κ3) is 3.48. The summed E-state index contributed by atoms with van der Waals surface area (Å²) >= 11 is 0. The number of amides is 1. The molecule has 2 heterocycles. The summed E-state index contributed by atoms with van der Waals surface area (Å²) in [6.07, 6.45) is -0.426. The predicted molar refractivity (Wildman–Crippen MR) is 91.2 cm³/mol. The van der Waals surface area contributed by atoms with Crippen molar-refractivity contribution in [3.8, 4) is 11.5 Å². The lowest BCUT2D eigenvalue weighted by Crippen LogP contribution is -2.61. The van der Waals surface area contributed by atoms with E-state index in [1.165, 1.54) is 11.8 Å². The van der Waals surface area contributed by atoms with Crippen molar-refractivity contribution in [1.29, 1.82) is 0 Å². The molecule has 9 nitrogen and oxygen atoms in total. The largest absolute Gasteiger partial charge is 0.535 e. The van der Waals surface area contributed by atoms with E-state index in [0.29, 0.717) is 18.3 Å². The number of fused-ring (bicyclic) bond motifs is 1. The van der Waals surface area contributed by atoms with Gasteiger partial charge in [-0.05, 0) is 31.3 Å². The van der Waals surface area contributed by atoms with Crippen LogP contribution in [0.15, 0.2) is 12.1 Å². The molecule has 0 spiro atoms. The summed E-state index contributed by atoms with van der Waals surface area (Å²) in [5.74, 6) is -1.34. The molecule has 10 heteroatoms. The van der Waals surface area contributed by atoms with Gasteiger partial charge in [-0.1, -0.05) is 6.07 Å². The van der Waals surface area contributed by atoms with E-state index in [0.717, 1.165) is 0 Å². The van der Waals surface area contributed by atoms with E-state index in [4.69, 9.17) is 15.1 Å². The van der Waals surface area contributed by atoms with E-state index in [2.05, 4.69) is 0 Å². The van der Waals surface area contributed by atoms with Crippen molar-refractivity contribution in [2.45, 2.75) is 37.9 Å². The predicted octanol–water partition coefficient (Wildman–Crippen LogP) is -0.902. The molecule has 0 unspecified atom stereocenters. The van der Waals surface area contributed by atoms with Gasteiger partial charge in [-0.15, -0.1) is 0 Å². The summed E-state index contributed by atoms with van der Waals surface area (Å²) in [7, 11) is -1.05. The van der Waals surface area contributed by atoms with Crippen LogP contribution in [-0.4, -0.2) is 70.5 Å². The SMILES string of the molecule is C[C@@H](O)[C@H](N)C(=O)N1CC(Oc2ccc3c(c2C(=O)O)OB(O)CC3)C1. The molecule has 0 aromatic heterocycles. The minimum Gasteiger partial charge on any atom is -0.535 e. The molecular formula is C16H21BN2O7. The minimum atomic E-state index is -1.21. The Kier molecular flexibility index (Phi) is 5.08. The number of nitrogens with two attached hydrogens (primary N) is 1. The number of aliphatic hydroxyl groups excluding tert-OH is 1. The highest BCUT2D eigenvalue weighted by molar-refractivity contribution is 6.44. The average molecular weight is 364 g/mol. The summed E-state index contributed by atoms with van der Waals surface area (Å²) in [5.41, 5.74) is 6.19. The van der Waals surface area contributed by atoms with Gasteiger partial charge in [0, 0.05) is 0 Å². The van der Waals surface area contributed by atoms with Crippen LogP contribution in [0.25, 0.3) is 0 Å². The summed E-state index contributed by atoms with van der Waals surface area (Å²) in [4.78, 5) is 25.1. The summed E-state index contributed by atoms with van der Waals surface area (Å²) in [6, 6.07) is 2.28. The van der Waals surface area contributed by atoms with Gasteiger partial charge in [0.25, 0.3) is 0 Å². The van der Waals surface area contributed by atoms with E-state index >= 15 is 0 Å². The first-order chi connectivity index (χ1) is 12.3. The minimum absolute atomic E-state index is 0.122. The number of carboxylic acid groups (broad SMARTS) is 1. The van der Waals surface area contributed by atoms with Gasteiger partial charge in [0.05, 0.1) is 19.2 Å². The molecule has 26 heavy (non-hydrogen) atoms. The molecule has 0 radical (unpaired) electrons. The van der Waals surface area contributed by atoms with Crippen molar-refractivity contribution < 1.29 is 34.2 Å². The number of hydrogen-bond acceptors (Lipinski definition) is 7. The highest BCUT2D eigenvalue weighted by Gasteiger charge is 2.37. The molecule has 2 atom stereocenters. The van der Waals surface area contributed by atoms with E-state index in [9.17, 15) is 24.8 Å². The Morgan fingerprint density at radius 3 is 2.73 bits per heavy atom. The number of rotatable bonds is 5. The second-order valence-electron chi connectivity index (χ2n) is 6.59. The number of carboxylic acids is 1. The van der Waals surface area contributed by atoms with Gasteiger partial charge >= 0.3 is 13.1 Å². The van der Waals surface area contributed by atoms with E-state index in [1.807, 2.05) is 0 Å². The van der Waals surface area contributed by atoms with Gasteiger partial charge < -0.3 is 35.3 Å². The Labute approximate surface area is 150 Å². The van der Waals surface area contributed by atoms with Crippen LogP contribution in [0, 0.1) is 0 Å². The number of carbonyl (C=O) groups is 2. The van der Waals surface area contributed by atoms with Gasteiger partial charge in [0.1, 0.15) is 29.2 Å². The topological polar surface area (TPSA) is 143 Å². The van der Waals surface area contributed by atoms with Crippen molar-refractivity contribution >= 4 is 19.0 Å². The fraction of sp³-hybridized carbons (Fsp3) is 0.500. The van der Waals surface area contributed by atoms with Crippen LogP contribution in [0.1, 0.15) is 22.8 Å². The van der Waals surface area contributed by atoms with Crippen molar-refractivity contribution in [3.63, 3.8) is 0 Å². The molecule has 1 aromatic rings. The van der Waals surface area contributed by atoms with Crippen LogP contribution in [0.5, 0.6) is 11.5 Å². The number of hydrogen-bond donors (Lipinski definition) is 4. The highest BCUT2D eigenvalue weighted by atomic mass is 16.5. The smallest absolute Gasteiger partial charge is 0.522 e. The van der Waals surface area contributed by atoms with Crippen LogP contribution >= 0.6 is 0 Å². The van der Waals surface area contributed by atoms with Crippen molar-refractivity contribution in [3.05, 3.63) is 23.3 Å². The van der Waals surface area contributed by atoms with Gasteiger partial charge in [-0.25, -0.2) is 4.79 Å². The van der Waals surface area contributed by atoms with Crippen molar-refractivity contribution in [1.82, 2.24) is 4.90 Å². The number of aromatic carboxylic acids is 1. The highest BCUT2D eigenvalue weighted by Crippen LogP contribution is 2.37. The summed E-state index contributed by atoms with van der Waals surface area (Å²) < 4.78 is 11.0. The lowest BCUT2D eigenvalue weighted by molar-refractivity contribution is -0.143. The Bertz CT molecular complexity index is 721. The zero-order valence-corrected chi connectivity index (χ0v) is 14.3. The maximum Gasteiger partial charge on any atom is 0.522 e. The second kappa shape index (κ2) is 7.14. The fourth-order valence-corrected chi connectivity index (χ4v) is 3.00. The Morgan fingerprint density at radius 1 is 1.42 bits per heavy atom. The molecule has 5 N–H and O–H groups in total. The van der Waals surface area contributed by atoms with Crippen LogP contribution in [-0.2, 0) is 11.2 Å². The number of ether oxygens (including phenoxy) is 1. The van der Waals surface area contributed by atoms with Gasteiger partial charge in [-0.2, -0.15) is 0 Å². The number of aliphatic hydroxyl groups is 1. The first kappa shape index (κ1) is 18.5. The number of nitrogens with zero attached hydrogens (tertiary/aromatic N) is 1. The first-order valence-corrected chi connectivity index (χ1v) is 8.41. The van der Waals surface area contributed by atoms with E-state index < -0.39 is 25.2 Å². The molecule has 1 fully saturated rings. The van der Waals surface area contributed by atoms with Crippen LogP contribution in [0.3, 0.4) is 0 Å². The molecular weight excluding hydrogens is 343 g/mol. The van der Waals surface area contributed by atoms with Gasteiger partial charge in [0.2, 0.25) is 5.91 Å². The lowest BCUT2D eigenvalue weighted by atomic mass is 9.78. The summed E-state index contributed by atoms with van der Waals surface area (Å²) in [6.45, 7) is 1.94. The van der Waals surface area contributed by atoms with Crippen LogP contribution < -0.4 is 15.1 Å². The number of benzene rings is 1. The quantitative estimate of drug-likeness (QED) is 0.492. The average Bonchev–Trinajstić information content (AvgIpc) is 2.55. The summed E-state index contributed by atoms with van der Waals surface area (Å²) in [5, 5.41) is 28.6. The molecule has 2 aliphatic heterocycles. The lowest BCUT2D eigenvalue weighted by Gasteiger charge is -2.40. The normalized spacial score (nSPS) is 19.1. The monoisotopic (exact) mass is 364 g/mol. The van der Waals surface area contributed by atoms with Crippen molar-refractivity contribution in [2.75, 3.05) is 13.1 Å². The molecule has 0 aliphatic carbocycles. The Balaban J connectivity index is 1.71. The molecule has 2 aliphatic rings. The molecule has 0 saturated carbocycles. The van der Waals surface area contributed by atoms with Gasteiger partial charge in [0.15, 0.2) is 0 Å². The first-order valence-electron chi connectivity index (χ1n) is 8.41. The van der Waals surface area contributed by atoms with E-state index in [-0.39, 0.29) is 42.2 Å². The maximum atomic E-state index is 12.0. The van der Waals surface area contributed by atoms with Gasteiger partial charge in [-0.3, -0.25) is 4.79 Å². The molecule has 0 bridgehead atoms. The number of likely N-dealkylation sites (tertiary alicyclic amines) is 1. The van der Waals surface area contributed by atoms with Crippen LogP contribution in [0.2, 0.25) is 6.32 Å². The number of aryl methyl sites for hydroxylation is 1. The Hall–Kier alpha value is -2.30. The van der Waals surface area contributed by atoms with E-state index in [1.54, 1.807) is 12.1 Å². The van der Waals surface area contributed by atoms with Crippen molar-refractivity contribution in [2.24, 2.45) is 5.73 Å². The third-order valence-electron chi connectivity index (χ3n) is 4.59. The van der Waals surface area contributed by atoms with Crippen LogP contribution in [0.4, 0.5) is 0 Å². The maximum absolute atomic E-state index is 12.0.